The molecule has 1 aliphatic rings. The highest BCUT2D eigenvalue weighted by molar-refractivity contribution is 7.89. The number of sulfonamides is 1. The summed E-state index contributed by atoms with van der Waals surface area (Å²) in [6.07, 6.45) is 0. The molecule has 1 fully saturated rings. The smallest absolute Gasteiger partial charge is 0.257 e. The highest BCUT2D eigenvalue weighted by atomic mass is 32.2. The predicted molar refractivity (Wildman–Crippen MR) is 95.7 cm³/mol. The minimum atomic E-state index is -3.75. The molecule has 144 valence electrons. The molecule has 1 aliphatic heterocycles. The van der Waals surface area contributed by atoms with Gasteiger partial charge in [0, 0.05) is 32.2 Å². The lowest BCUT2D eigenvalue weighted by atomic mass is 10.1. The van der Waals surface area contributed by atoms with E-state index in [1.807, 2.05) is 0 Å². The summed E-state index contributed by atoms with van der Waals surface area (Å²) in [5, 5.41) is 10.0. The maximum absolute atomic E-state index is 13.0. The van der Waals surface area contributed by atoms with E-state index in [4.69, 9.17) is 4.74 Å². The predicted octanol–water partition coefficient (Wildman–Crippen LogP) is 1.69. The molecule has 27 heavy (non-hydrogen) atoms. The number of hydrogen-bond donors (Lipinski definition) is 1. The van der Waals surface area contributed by atoms with Crippen molar-refractivity contribution in [1.29, 1.82) is 0 Å². The van der Waals surface area contributed by atoms with Crippen LogP contribution in [0.4, 0.5) is 4.39 Å². The SMILES string of the molecule is COc1ccc(C(=O)N2CCN(S(=O)(=O)c3ccc(F)cc3)CC2)c(O)c1. The standard InChI is InChI=1S/C18H19FN2O5S/c1-26-14-4-7-16(17(22)12-14)18(23)20-8-10-21(11-9-20)27(24,25)15-5-2-13(19)3-6-15/h2-7,12,22H,8-11H2,1H3. The van der Waals surface area contributed by atoms with Gasteiger partial charge >= 0.3 is 0 Å². The number of ether oxygens (including phenoxy) is 1. The lowest BCUT2D eigenvalue weighted by molar-refractivity contribution is 0.0695. The second-order valence-corrected chi connectivity index (χ2v) is 7.97. The van der Waals surface area contributed by atoms with Crippen molar-refractivity contribution < 1.29 is 27.4 Å². The van der Waals surface area contributed by atoms with Gasteiger partial charge in [0.1, 0.15) is 17.3 Å². The minimum Gasteiger partial charge on any atom is -0.507 e. The topological polar surface area (TPSA) is 87.2 Å². The van der Waals surface area contributed by atoms with E-state index in [1.165, 1.54) is 40.6 Å². The van der Waals surface area contributed by atoms with E-state index < -0.39 is 15.8 Å². The number of aromatic hydroxyl groups is 1. The summed E-state index contributed by atoms with van der Waals surface area (Å²) in [6, 6.07) is 9.02. The number of amides is 1. The average molecular weight is 394 g/mol. The maximum atomic E-state index is 13.0. The third-order valence-electron chi connectivity index (χ3n) is 4.41. The molecule has 2 aromatic rings. The number of methoxy groups -OCH3 is 1. The molecule has 1 saturated heterocycles. The Bertz CT molecular complexity index is 939. The second-order valence-electron chi connectivity index (χ2n) is 6.03. The van der Waals surface area contributed by atoms with Crippen LogP contribution >= 0.6 is 0 Å². The van der Waals surface area contributed by atoms with Crippen molar-refractivity contribution in [3.63, 3.8) is 0 Å². The highest BCUT2D eigenvalue weighted by Gasteiger charge is 2.31. The number of nitrogens with zero attached hydrogens (tertiary/aromatic N) is 2. The molecule has 1 amide bonds. The van der Waals surface area contributed by atoms with Gasteiger partial charge in [-0.25, -0.2) is 12.8 Å². The number of phenolic OH excluding ortho intramolecular Hbond substituents is 1. The van der Waals surface area contributed by atoms with Gasteiger partial charge in [-0.1, -0.05) is 0 Å². The molecule has 9 heteroatoms. The molecule has 0 unspecified atom stereocenters. The molecular weight excluding hydrogens is 375 g/mol. The zero-order valence-corrected chi connectivity index (χ0v) is 15.4. The minimum absolute atomic E-state index is 0.0106. The van der Waals surface area contributed by atoms with Crippen LogP contribution in [0.1, 0.15) is 10.4 Å². The molecule has 1 N–H and O–H groups in total. The van der Waals surface area contributed by atoms with E-state index in [2.05, 4.69) is 0 Å². The van der Waals surface area contributed by atoms with Gasteiger partial charge in [-0.2, -0.15) is 4.31 Å². The summed E-state index contributed by atoms with van der Waals surface area (Å²) in [5.41, 5.74) is 0.130. The number of carbonyl (C=O) groups excluding carboxylic acids is 1. The van der Waals surface area contributed by atoms with Crippen molar-refractivity contribution in [2.75, 3.05) is 33.3 Å². The van der Waals surface area contributed by atoms with Crippen LogP contribution in [0.2, 0.25) is 0 Å². The number of piperazine rings is 1. The molecule has 0 aromatic heterocycles. The van der Waals surface area contributed by atoms with E-state index in [1.54, 1.807) is 6.07 Å². The number of hydrogen-bond acceptors (Lipinski definition) is 5. The van der Waals surface area contributed by atoms with Gasteiger partial charge in [-0.3, -0.25) is 4.79 Å². The lowest BCUT2D eigenvalue weighted by Gasteiger charge is -2.34. The van der Waals surface area contributed by atoms with Crippen molar-refractivity contribution in [1.82, 2.24) is 9.21 Å². The van der Waals surface area contributed by atoms with E-state index >= 15 is 0 Å². The molecule has 0 radical (unpaired) electrons. The van der Waals surface area contributed by atoms with Gasteiger partial charge in [0.15, 0.2) is 0 Å². The third-order valence-corrected chi connectivity index (χ3v) is 6.33. The normalized spacial score (nSPS) is 15.6. The first-order valence-corrected chi connectivity index (χ1v) is 9.69. The average Bonchev–Trinajstić information content (AvgIpc) is 2.67. The fourth-order valence-corrected chi connectivity index (χ4v) is 4.30. The first kappa shape index (κ1) is 19.1. The molecule has 2 aromatic carbocycles. The van der Waals surface area contributed by atoms with E-state index in [-0.39, 0.29) is 48.3 Å². The van der Waals surface area contributed by atoms with Crippen LogP contribution in [-0.4, -0.2) is 61.9 Å². The summed E-state index contributed by atoms with van der Waals surface area (Å²) in [6.45, 7) is 0.597. The molecule has 0 atom stereocenters. The van der Waals surface area contributed by atoms with Gasteiger partial charge < -0.3 is 14.7 Å². The van der Waals surface area contributed by atoms with E-state index in [0.29, 0.717) is 5.75 Å². The lowest BCUT2D eigenvalue weighted by Crippen LogP contribution is -2.50. The quantitative estimate of drug-likeness (QED) is 0.853. The first-order chi connectivity index (χ1) is 12.8. The van der Waals surface area contributed by atoms with Crippen molar-refractivity contribution in [2.24, 2.45) is 0 Å². The van der Waals surface area contributed by atoms with Crippen LogP contribution in [0.25, 0.3) is 0 Å². The number of carbonyl (C=O) groups is 1. The third kappa shape index (κ3) is 3.88. The summed E-state index contributed by atoms with van der Waals surface area (Å²) < 4.78 is 44.5. The van der Waals surface area contributed by atoms with Crippen molar-refractivity contribution in [3.05, 3.63) is 53.8 Å². The van der Waals surface area contributed by atoms with Crippen molar-refractivity contribution in [3.8, 4) is 11.5 Å². The number of phenols is 1. The Hall–Kier alpha value is -2.65. The van der Waals surface area contributed by atoms with Crippen LogP contribution in [0.5, 0.6) is 11.5 Å². The summed E-state index contributed by atoms with van der Waals surface area (Å²) in [4.78, 5) is 14.1. The monoisotopic (exact) mass is 394 g/mol. The highest BCUT2D eigenvalue weighted by Crippen LogP contribution is 2.25. The first-order valence-electron chi connectivity index (χ1n) is 8.25. The van der Waals surface area contributed by atoms with Crippen LogP contribution in [-0.2, 0) is 10.0 Å². The molecule has 0 saturated carbocycles. The summed E-state index contributed by atoms with van der Waals surface area (Å²) in [5.74, 6) is -0.655. The molecule has 0 spiro atoms. The molecule has 7 nitrogen and oxygen atoms in total. The zero-order valence-electron chi connectivity index (χ0n) is 14.6. The Labute approximate surface area is 156 Å². The Morgan fingerprint density at radius 3 is 2.26 bits per heavy atom. The Morgan fingerprint density at radius 2 is 1.70 bits per heavy atom. The second kappa shape index (κ2) is 7.53. The number of rotatable bonds is 4. The maximum Gasteiger partial charge on any atom is 0.257 e. The Kier molecular flexibility index (Phi) is 5.33. The van der Waals surface area contributed by atoms with Gasteiger partial charge in [-0.05, 0) is 36.4 Å². The van der Waals surface area contributed by atoms with Gasteiger partial charge in [-0.15, -0.1) is 0 Å². The van der Waals surface area contributed by atoms with E-state index in [0.717, 1.165) is 12.1 Å². The summed E-state index contributed by atoms with van der Waals surface area (Å²) in [7, 11) is -2.29. The van der Waals surface area contributed by atoms with Crippen molar-refractivity contribution >= 4 is 15.9 Å². The number of halogens is 1. The Morgan fingerprint density at radius 1 is 1.07 bits per heavy atom. The van der Waals surface area contributed by atoms with Crippen LogP contribution in [0.15, 0.2) is 47.4 Å². The molecule has 0 aliphatic carbocycles. The molecule has 1 heterocycles. The van der Waals surface area contributed by atoms with Crippen LogP contribution in [0.3, 0.4) is 0 Å². The fraction of sp³-hybridized carbons (Fsp3) is 0.278. The number of benzene rings is 2. The molecular formula is C18H19FN2O5S. The van der Waals surface area contributed by atoms with Crippen LogP contribution in [0, 0.1) is 5.82 Å². The van der Waals surface area contributed by atoms with Gasteiger partial charge in [0.05, 0.1) is 17.6 Å². The molecule has 3 rings (SSSR count). The van der Waals surface area contributed by atoms with Crippen molar-refractivity contribution in [2.45, 2.75) is 4.90 Å². The fourth-order valence-electron chi connectivity index (χ4n) is 2.88. The summed E-state index contributed by atoms with van der Waals surface area (Å²) >= 11 is 0. The largest absolute Gasteiger partial charge is 0.507 e. The zero-order chi connectivity index (χ0) is 19.6. The van der Waals surface area contributed by atoms with Crippen LogP contribution < -0.4 is 4.74 Å². The van der Waals surface area contributed by atoms with E-state index in [9.17, 15) is 22.7 Å². The van der Waals surface area contributed by atoms with Gasteiger partial charge in [0.2, 0.25) is 10.0 Å². The molecule has 0 bridgehead atoms. The van der Waals surface area contributed by atoms with Gasteiger partial charge in [0.25, 0.3) is 5.91 Å². The Balaban J connectivity index is 1.69.